The summed E-state index contributed by atoms with van der Waals surface area (Å²) in [4.78, 5) is 24.1. The van der Waals surface area contributed by atoms with E-state index < -0.39 is 0 Å². The highest BCUT2D eigenvalue weighted by atomic mass is 16.5. The lowest BCUT2D eigenvalue weighted by molar-refractivity contribution is -0.136. The molecule has 0 aromatic heterocycles. The Morgan fingerprint density at radius 3 is 2.69 bits per heavy atom. The topological polar surface area (TPSA) is 73.9 Å². The molecular formula is C20H21NO5. The van der Waals surface area contributed by atoms with Crippen LogP contribution in [0.5, 0.6) is 17.2 Å². The number of carbonyl (C=O) groups is 2. The van der Waals surface area contributed by atoms with Crippen LogP contribution in [0.1, 0.15) is 29.9 Å². The van der Waals surface area contributed by atoms with Gasteiger partial charge in [0, 0.05) is 18.9 Å². The number of nitrogens with one attached hydrogen (secondary N) is 1. The van der Waals surface area contributed by atoms with Gasteiger partial charge >= 0.3 is 5.97 Å². The van der Waals surface area contributed by atoms with E-state index in [1.807, 2.05) is 30.3 Å². The first-order chi connectivity index (χ1) is 12.6. The first-order valence-electron chi connectivity index (χ1n) is 8.38. The van der Waals surface area contributed by atoms with Crippen LogP contribution in [-0.2, 0) is 16.1 Å². The predicted octanol–water partition coefficient (Wildman–Crippen LogP) is 2.80. The van der Waals surface area contributed by atoms with Gasteiger partial charge in [0.2, 0.25) is 5.91 Å². The standard InChI is InChI=1S/C20H21NO5/c1-24-17-8-7-13(9-18(17)25-2)12-21-19(22)10-14-11-20(23)26-16-6-4-3-5-15(14)16/h3-9,14H,10-12H2,1-2H3,(H,21,22). The minimum absolute atomic E-state index is 0.116. The first-order valence-corrected chi connectivity index (χ1v) is 8.38. The van der Waals surface area contributed by atoms with Crippen molar-refractivity contribution in [1.82, 2.24) is 5.32 Å². The van der Waals surface area contributed by atoms with E-state index in [9.17, 15) is 9.59 Å². The summed E-state index contributed by atoms with van der Waals surface area (Å²) in [6.07, 6.45) is 0.445. The Morgan fingerprint density at radius 1 is 1.15 bits per heavy atom. The molecule has 0 fully saturated rings. The zero-order valence-electron chi connectivity index (χ0n) is 14.8. The van der Waals surface area contributed by atoms with Crippen LogP contribution in [0.3, 0.4) is 0 Å². The number of methoxy groups -OCH3 is 2. The fraction of sp³-hybridized carbons (Fsp3) is 0.300. The molecule has 0 saturated carbocycles. The van der Waals surface area contributed by atoms with Gasteiger partial charge in [-0.3, -0.25) is 9.59 Å². The Kier molecular flexibility index (Phi) is 5.41. The fourth-order valence-electron chi connectivity index (χ4n) is 3.06. The van der Waals surface area contributed by atoms with Gasteiger partial charge in [0.1, 0.15) is 5.75 Å². The molecule has 1 aliphatic heterocycles. The fourth-order valence-corrected chi connectivity index (χ4v) is 3.06. The van der Waals surface area contributed by atoms with Crippen molar-refractivity contribution in [3.63, 3.8) is 0 Å². The van der Waals surface area contributed by atoms with E-state index in [1.165, 1.54) is 0 Å². The summed E-state index contributed by atoms with van der Waals surface area (Å²) in [5.41, 5.74) is 1.80. The van der Waals surface area contributed by atoms with Gasteiger partial charge in [0.15, 0.2) is 11.5 Å². The second kappa shape index (κ2) is 7.91. The number of ether oxygens (including phenoxy) is 3. The van der Waals surface area contributed by atoms with E-state index in [0.717, 1.165) is 11.1 Å². The molecule has 0 aliphatic carbocycles. The first kappa shape index (κ1) is 17.8. The van der Waals surface area contributed by atoms with Crippen LogP contribution in [0.25, 0.3) is 0 Å². The third-order valence-corrected chi connectivity index (χ3v) is 4.37. The Balaban J connectivity index is 1.62. The van der Waals surface area contributed by atoms with Crippen LogP contribution in [0, 0.1) is 0 Å². The number of hydrogen-bond acceptors (Lipinski definition) is 5. The Morgan fingerprint density at radius 2 is 1.92 bits per heavy atom. The highest BCUT2D eigenvalue weighted by molar-refractivity contribution is 5.81. The summed E-state index contributed by atoms with van der Waals surface area (Å²) < 4.78 is 15.7. The van der Waals surface area contributed by atoms with E-state index in [2.05, 4.69) is 5.32 Å². The molecule has 0 radical (unpaired) electrons. The zero-order valence-corrected chi connectivity index (χ0v) is 14.8. The Hall–Kier alpha value is -3.02. The van der Waals surface area contributed by atoms with Gasteiger partial charge < -0.3 is 19.5 Å². The molecule has 26 heavy (non-hydrogen) atoms. The number of amides is 1. The van der Waals surface area contributed by atoms with Crippen molar-refractivity contribution in [2.45, 2.75) is 25.3 Å². The second-order valence-corrected chi connectivity index (χ2v) is 6.08. The molecule has 2 aromatic carbocycles. The summed E-state index contributed by atoms with van der Waals surface area (Å²) in [6.45, 7) is 0.373. The van der Waals surface area contributed by atoms with E-state index in [1.54, 1.807) is 26.4 Å². The monoisotopic (exact) mass is 355 g/mol. The molecule has 1 aliphatic rings. The molecule has 3 rings (SSSR count). The predicted molar refractivity (Wildman–Crippen MR) is 95.4 cm³/mol. The van der Waals surface area contributed by atoms with Gasteiger partial charge in [0.25, 0.3) is 0 Å². The van der Waals surface area contributed by atoms with Gasteiger partial charge in [-0.1, -0.05) is 24.3 Å². The molecule has 1 atom stereocenters. The minimum Gasteiger partial charge on any atom is -0.493 e. The van der Waals surface area contributed by atoms with Crippen molar-refractivity contribution in [3.8, 4) is 17.2 Å². The molecule has 2 aromatic rings. The summed E-state index contributed by atoms with van der Waals surface area (Å²) in [5.74, 6) is 1.21. The molecule has 0 bridgehead atoms. The number of rotatable bonds is 6. The number of para-hydroxylation sites is 1. The second-order valence-electron chi connectivity index (χ2n) is 6.08. The maximum Gasteiger partial charge on any atom is 0.311 e. The summed E-state index contributed by atoms with van der Waals surface area (Å²) in [6, 6.07) is 12.8. The number of fused-ring (bicyclic) bond motifs is 1. The van der Waals surface area contributed by atoms with Crippen LogP contribution in [-0.4, -0.2) is 26.1 Å². The van der Waals surface area contributed by atoms with E-state index in [4.69, 9.17) is 14.2 Å². The summed E-state index contributed by atoms with van der Waals surface area (Å²) >= 11 is 0. The third kappa shape index (κ3) is 3.96. The Bertz CT molecular complexity index is 818. The third-order valence-electron chi connectivity index (χ3n) is 4.37. The van der Waals surface area contributed by atoms with Crippen molar-refractivity contribution in [1.29, 1.82) is 0 Å². The molecular weight excluding hydrogens is 334 g/mol. The van der Waals surface area contributed by atoms with Crippen molar-refractivity contribution in [2.75, 3.05) is 14.2 Å². The van der Waals surface area contributed by atoms with Gasteiger partial charge in [-0.05, 0) is 29.3 Å². The van der Waals surface area contributed by atoms with E-state index in [-0.39, 0.29) is 30.6 Å². The lowest BCUT2D eigenvalue weighted by Crippen LogP contribution is -2.28. The van der Waals surface area contributed by atoms with Gasteiger partial charge in [0.05, 0.1) is 20.6 Å². The van der Waals surface area contributed by atoms with E-state index >= 15 is 0 Å². The largest absolute Gasteiger partial charge is 0.493 e. The quantitative estimate of drug-likeness (QED) is 0.637. The number of carbonyl (C=O) groups excluding carboxylic acids is 2. The van der Waals surface area contributed by atoms with Gasteiger partial charge in [-0.2, -0.15) is 0 Å². The molecule has 136 valence electrons. The Labute approximate surface area is 152 Å². The SMILES string of the molecule is COc1ccc(CNC(=O)CC2CC(=O)Oc3ccccc32)cc1OC. The molecule has 0 saturated heterocycles. The van der Waals surface area contributed by atoms with Crippen LogP contribution in [0.2, 0.25) is 0 Å². The van der Waals surface area contributed by atoms with Crippen molar-refractivity contribution >= 4 is 11.9 Å². The van der Waals surface area contributed by atoms with Crippen molar-refractivity contribution in [2.24, 2.45) is 0 Å². The summed E-state index contributed by atoms with van der Waals surface area (Å²) in [5, 5.41) is 2.89. The average molecular weight is 355 g/mol. The van der Waals surface area contributed by atoms with Crippen LogP contribution < -0.4 is 19.5 Å². The normalized spacial score (nSPS) is 15.6. The highest BCUT2D eigenvalue weighted by Gasteiger charge is 2.28. The van der Waals surface area contributed by atoms with Gasteiger partial charge in [-0.25, -0.2) is 0 Å². The molecule has 1 unspecified atom stereocenters. The molecule has 1 N–H and O–H groups in total. The van der Waals surface area contributed by atoms with Gasteiger partial charge in [-0.15, -0.1) is 0 Å². The highest BCUT2D eigenvalue weighted by Crippen LogP contribution is 2.36. The smallest absolute Gasteiger partial charge is 0.311 e. The van der Waals surface area contributed by atoms with Crippen molar-refractivity contribution in [3.05, 3.63) is 53.6 Å². The molecule has 1 heterocycles. The number of benzene rings is 2. The molecule has 6 nitrogen and oxygen atoms in total. The lowest BCUT2D eigenvalue weighted by Gasteiger charge is -2.23. The van der Waals surface area contributed by atoms with Crippen LogP contribution in [0.4, 0.5) is 0 Å². The minimum atomic E-state index is -0.304. The van der Waals surface area contributed by atoms with Crippen molar-refractivity contribution < 1.29 is 23.8 Å². The lowest BCUT2D eigenvalue weighted by atomic mass is 9.89. The average Bonchev–Trinajstić information content (AvgIpc) is 2.66. The number of hydrogen-bond donors (Lipinski definition) is 1. The molecule has 6 heteroatoms. The zero-order chi connectivity index (χ0) is 18.5. The molecule has 0 spiro atoms. The number of esters is 1. The molecule has 1 amide bonds. The van der Waals surface area contributed by atoms with E-state index in [0.29, 0.717) is 23.8 Å². The van der Waals surface area contributed by atoms with Crippen LogP contribution >= 0.6 is 0 Å². The maximum absolute atomic E-state index is 12.4. The summed E-state index contributed by atoms with van der Waals surface area (Å²) in [7, 11) is 3.14. The maximum atomic E-state index is 12.4. The van der Waals surface area contributed by atoms with Crippen LogP contribution in [0.15, 0.2) is 42.5 Å².